The molecule has 0 unspecified atom stereocenters. The Hall–Kier alpha value is -1.58. The Kier molecular flexibility index (Phi) is 5.99. The van der Waals surface area contributed by atoms with Gasteiger partial charge in [-0.25, -0.2) is 4.98 Å². The summed E-state index contributed by atoms with van der Waals surface area (Å²) in [4.78, 5) is 9.81. The van der Waals surface area contributed by atoms with E-state index in [4.69, 9.17) is 11.6 Å². The van der Waals surface area contributed by atoms with E-state index in [1.54, 1.807) is 0 Å². The van der Waals surface area contributed by atoms with Crippen LogP contribution in [0, 0.1) is 5.92 Å². The summed E-state index contributed by atoms with van der Waals surface area (Å²) in [5.74, 6) is 1.93. The molecule has 2 aliphatic rings. The van der Waals surface area contributed by atoms with E-state index in [1.165, 1.54) is 37.8 Å². The topological polar surface area (TPSA) is 19.4 Å². The number of pyridine rings is 1. The lowest BCUT2D eigenvalue weighted by Crippen LogP contribution is -2.53. The molecule has 0 bridgehead atoms. The van der Waals surface area contributed by atoms with Gasteiger partial charge in [0.25, 0.3) is 0 Å². The third kappa shape index (κ3) is 4.64. The molecule has 1 aromatic carbocycles. The fourth-order valence-corrected chi connectivity index (χ4v) is 4.90. The normalized spacial score (nSPS) is 24.9. The van der Waals surface area contributed by atoms with Gasteiger partial charge in [-0.1, -0.05) is 36.7 Å². The highest BCUT2D eigenvalue weighted by atomic mass is 35.5. The predicted octanol–water partition coefficient (Wildman–Crippen LogP) is 5.05. The molecule has 2 atom stereocenters. The standard InChI is InChI=1S/C23H30ClN3/c1-18-5-10-22(16-19-6-8-20(24)9-7-19)27(17-18)21-11-14-26(15-12-21)23-4-2-3-13-25-23/h2-4,6-9,13,18,21-22H,5,10-12,14-17H2,1H3/t18-,22-/m1/s1. The zero-order valence-electron chi connectivity index (χ0n) is 16.2. The van der Waals surface area contributed by atoms with Crippen molar-refractivity contribution in [1.29, 1.82) is 0 Å². The number of nitrogens with zero attached hydrogens (tertiary/aromatic N) is 3. The molecular weight excluding hydrogens is 354 g/mol. The maximum atomic E-state index is 6.07. The highest BCUT2D eigenvalue weighted by molar-refractivity contribution is 6.30. The predicted molar refractivity (Wildman–Crippen MR) is 114 cm³/mol. The molecule has 144 valence electrons. The van der Waals surface area contributed by atoms with Gasteiger partial charge in [-0.2, -0.15) is 0 Å². The Bertz CT molecular complexity index is 710. The molecule has 0 N–H and O–H groups in total. The van der Waals surface area contributed by atoms with Crippen molar-refractivity contribution in [3.05, 3.63) is 59.2 Å². The molecule has 4 heteroatoms. The summed E-state index contributed by atoms with van der Waals surface area (Å²) in [5.41, 5.74) is 1.41. The van der Waals surface area contributed by atoms with Crippen LogP contribution in [0.25, 0.3) is 0 Å². The number of hydrogen-bond donors (Lipinski definition) is 0. The van der Waals surface area contributed by atoms with E-state index in [0.29, 0.717) is 12.1 Å². The number of aromatic nitrogens is 1. The van der Waals surface area contributed by atoms with Crippen molar-refractivity contribution in [1.82, 2.24) is 9.88 Å². The third-order valence-corrected chi connectivity index (χ3v) is 6.53. The summed E-state index contributed by atoms with van der Waals surface area (Å²) in [6.45, 7) is 5.88. The Morgan fingerprint density at radius 3 is 2.48 bits per heavy atom. The van der Waals surface area contributed by atoms with E-state index in [2.05, 4.69) is 46.0 Å². The highest BCUT2D eigenvalue weighted by Crippen LogP contribution is 2.31. The molecule has 3 heterocycles. The maximum Gasteiger partial charge on any atom is 0.128 e. The molecular formula is C23H30ClN3. The van der Waals surface area contributed by atoms with Gasteiger partial charge in [-0.3, -0.25) is 4.90 Å². The van der Waals surface area contributed by atoms with Crippen molar-refractivity contribution in [2.75, 3.05) is 24.5 Å². The first-order valence-electron chi connectivity index (χ1n) is 10.3. The van der Waals surface area contributed by atoms with Crippen LogP contribution < -0.4 is 4.90 Å². The molecule has 0 amide bonds. The Morgan fingerprint density at radius 2 is 1.78 bits per heavy atom. The molecule has 27 heavy (non-hydrogen) atoms. The van der Waals surface area contributed by atoms with Crippen molar-refractivity contribution in [2.45, 2.75) is 51.1 Å². The lowest BCUT2D eigenvalue weighted by molar-refractivity contribution is 0.0554. The van der Waals surface area contributed by atoms with Gasteiger partial charge in [0.15, 0.2) is 0 Å². The van der Waals surface area contributed by atoms with Gasteiger partial charge in [0.05, 0.1) is 0 Å². The minimum absolute atomic E-state index is 0.661. The molecule has 2 aromatic rings. The van der Waals surface area contributed by atoms with Gasteiger partial charge in [0.1, 0.15) is 5.82 Å². The summed E-state index contributed by atoms with van der Waals surface area (Å²) in [7, 11) is 0. The molecule has 0 aliphatic carbocycles. The monoisotopic (exact) mass is 383 g/mol. The first-order chi connectivity index (χ1) is 13.2. The van der Waals surface area contributed by atoms with Gasteiger partial charge in [-0.05, 0) is 67.9 Å². The zero-order valence-corrected chi connectivity index (χ0v) is 17.0. The van der Waals surface area contributed by atoms with E-state index in [0.717, 1.165) is 36.3 Å². The molecule has 0 radical (unpaired) electrons. The molecule has 3 nitrogen and oxygen atoms in total. The van der Waals surface area contributed by atoms with E-state index in [9.17, 15) is 0 Å². The van der Waals surface area contributed by atoms with Crippen LogP contribution in [0.15, 0.2) is 48.7 Å². The lowest BCUT2D eigenvalue weighted by Gasteiger charge is -2.46. The first kappa shape index (κ1) is 18.8. The fourth-order valence-electron chi connectivity index (χ4n) is 4.77. The number of rotatable bonds is 4. The second-order valence-electron chi connectivity index (χ2n) is 8.27. The summed E-state index contributed by atoms with van der Waals surface area (Å²) in [5, 5.41) is 0.828. The van der Waals surface area contributed by atoms with Gasteiger partial charge in [0, 0.05) is 42.9 Å². The summed E-state index contributed by atoms with van der Waals surface area (Å²) >= 11 is 6.07. The number of anilines is 1. The van der Waals surface area contributed by atoms with Crippen LogP contribution in [0.4, 0.5) is 5.82 Å². The summed E-state index contributed by atoms with van der Waals surface area (Å²) < 4.78 is 0. The number of piperidine rings is 2. The molecule has 2 saturated heterocycles. The van der Waals surface area contributed by atoms with Crippen molar-refractivity contribution in [3.8, 4) is 0 Å². The first-order valence-corrected chi connectivity index (χ1v) is 10.7. The number of hydrogen-bond acceptors (Lipinski definition) is 3. The lowest BCUT2D eigenvalue weighted by atomic mass is 9.87. The second kappa shape index (κ2) is 8.62. The van der Waals surface area contributed by atoms with E-state index < -0.39 is 0 Å². The van der Waals surface area contributed by atoms with Crippen LogP contribution in [-0.4, -0.2) is 41.6 Å². The average molecular weight is 384 g/mol. The molecule has 2 aliphatic heterocycles. The van der Waals surface area contributed by atoms with Crippen molar-refractivity contribution in [2.24, 2.45) is 5.92 Å². The zero-order chi connectivity index (χ0) is 18.6. The molecule has 0 saturated carbocycles. The molecule has 1 aromatic heterocycles. The molecule has 4 rings (SSSR count). The SMILES string of the molecule is C[C@@H]1CC[C@H](Cc2ccc(Cl)cc2)N(C2CCN(c3ccccn3)CC2)C1. The molecule has 0 spiro atoms. The summed E-state index contributed by atoms with van der Waals surface area (Å²) in [6.07, 6.45) is 8.17. The van der Waals surface area contributed by atoms with Gasteiger partial charge < -0.3 is 4.90 Å². The highest BCUT2D eigenvalue weighted by Gasteiger charge is 2.33. The van der Waals surface area contributed by atoms with Crippen LogP contribution in [0.5, 0.6) is 0 Å². The van der Waals surface area contributed by atoms with Crippen molar-refractivity contribution in [3.63, 3.8) is 0 Å². The number of halogens is 1. The van der Waals surface area contributed by atoms with E-state index in [-0.39, 0.29) is 0 Å². The fraction of sp³-hybridized carbons (Fsp3) is 0.522. The van der Waals surface area contributed by atoms with Crippen molar-refractivity contribution < 1.29 is 0 Å². The van der Waals surface area contributed by atoms with Gasteiger partial charge in [0.2, 0.25) is 0 Å². The average Bonchev–Trinajstić information content (AvgIpc) is 2.72. The summed E-state index contributed by atoms with van der Waals surface area (Å²) in [6, 6.07) is 16.0. The maximum absolute atomic E-state index is 6.07. The minimum atomic E-state index is 0.661. The molecule has 2 fully saturated rings. The van der Waals surface area contributed by atoms with Crippen LogP contribution >= 0.6 is 11.6 Å². The quantitative estimate of drug-likeness (QED) is 0.736. The number of likely N-dealkylation sites (tertiary alicyclic amines) is 1. The van der Waals surface area contributed by atoms with Crippen LogP contribution in [0.1, 0.15) is 38.2 Å². The van der Waals surface area contributed by atoms with E-state index >= 15 is 0 Å². The van der Waals surface area contributed by atoms with Crippen LogP contribution in [-0.2, 0) is 6.42 Å². The van der Waals surface area contributed by atoms with Crippen LogP contribution in [0.2, 0.25) is 5.02 Å². The Morgan fingerprint density at radius 1 is 1.00 bits per heavy atom. The van der Waals surface area contributed by atoms with Crippen molar-refractivity contribution >= 4 is 17.4 Å². The van der Waals surface area contributed by atoms with Gasteiger partial charge >= 0.3 is 0 Å². The Labute approximate surface area is 168 Å². The Balaban J connectivity index is 1.41. The number of benzene rings is 1. The van der Waals surface area contributed by atoms with Crippen LogP contribution in [0.3, 0.4) is 0 Å². The minimum Gasteiger partial charge on any atom is -0.357 e. The largest absolute Gasteiger partial charge is 0.357 e. The second-order valence-corrected chi connectivity index (χ2v) is 8.71. The van der Waals surface area contributed by atoms with E-state index in [1.807, 2.05) is 24.4 Å². The smallest absolute Gasteiger partial charge is 0.128 e. The van der Waals surface area contributed by atoms with Gasteiger partial charge in [-0.15, -0.1) is 0 Å². The third-order valence-electron chi connectivity index (χ3n) is 6.28.